The standard InChI is InChI=1S/C17H25NO4S/c19-8-9-22-17(6-10-23-11-7-17)14-18-16(20)13-21-12-15-4-2-1-3-5-15/h1-5,19H,6-14H2,(H,18,20). The molecule has 2 N–H and O–H groups in total. The van der Waals surface area contributed by atoms with Crippen molar-refractivity contribution in [1.82, 2.24) is 5.32 Å². The van der Waals surface area contributed by atoms with E-state index in [1.54, 1.807) is 0 Å². The molecule has 1 amide bonds. The number of ether oxygens (including phenoxy) is 2. The molecule has 0 bridgehead atoms. The third-order valence-corrected chi connectivity index (χ3v) is 4.84. The summed E-state index contributed by atoms with van der Waals surface area (Å²) >= 11 is 1.90. The van der Waals surface area contributed by atoms with Crippen LogP contribution in [0.15, 0.2) is 30.3 Å². The summed E-state index contributed by atoms with van der Waals surface area (Å²) in [5.41, 5.74) is 0.704. The topological polar surface area (TPSA) is 67.8 Å². The summed E-state index contributed by atoms with van der Waals surface area (Å²) in [4.78, 5) is 11.9. The third kappa shape index (κ3) is 6.51. The van der Waals surface area contributed by atoms with E-state index in [9.17, 15) is 4.79 Å². The van der Waals surface area contributed by atoms with E-state index in [1.165, 1.54) is 0 Å². The van der Waals surface area contributed by atoms with Crippen molar-refractivity contribution in [2.75, 3.05) is 37.9 Å². The van der Waals surface area contributed by atoms with Crippen molar-refractivity contribution in [3.8, 4) is 0 Å². The number of thioether (sulfide) groups is 1. The molecule has 128 valence electrons. The van der Waals surface area contributed by atoms with Gasteiger partial charge in [-0.25, -0.2) is 0 Å². The molecule has 2 rings (SSSR count). The Morgan fingerprint density at radius 1 is 1.26 bits per heavy atom. The number of rotatable bonds is 9. The summed E-state index contributed by atoms with van der Waals surface area (Å²) in [5.74, 6) is 1.91. The van der Waals surface area contributed by atoms with Gasteiger partial charge in [0.05, 0.1) is 25.4 Å². The molecule has 0 spiro atoms. The molecule has 0 aromatic heterocycles. The minimum Gasteiger partial charge on any atom is -0.394 e. The SMILES string of the molecule is O=C(COCc1ccccc1)NCC1(OCCO)CCSCC1. The maximum absolute atomic E-state index is 11.9. The zero-order chi connectivity index (χ0) is 16.4. The molecule has 1 aliphatic rings. The largest absolute Gasteiger partial charge is 0.394 e. The van der Waals surface area contributed by atoms with Crippen molar-refractivity contribution >= 4 is 17.7 Å². The van der Waals surface area contributed by atoms with Gasteiger partial charge in [-0.05, 0) is 29.9 Å². The van der Waals surface area contributed by atoms with Gasteiger partial charge in [0.15, 0.2) is 0 Å². The number of carbonyl (C=O) groups is 1. The van der Waals surface area contributed by atoms with Crippen molar-refractivity contribution in [1.29, 1.82) is 0 Å². The van der Waals surface area contributed by atoms with Gasteiger partial charge in [0.25, 0.3) is 0 Å². The van der Waals surface area contributed by atoms with Crippen LogP contribution in [0, 0.1) is 0 Å². The molecule has 1 fully saturated rings. The fraction of sp³-hybridized carbons (Fsp3) is 0.588. The maximum atomic E-state index is 11.9. The lowest BCUT2D eigenvalue weighted by Crippen LogP contribution is -2.48. The number of benzene rings is 1. The van der Waals surface area contributed by atoms with Gasteiger partial charge in [0.1, 0.15) is 6.61 Å². The first-order valence-electron chi connectivity index (χ1n) is 7.95. The third-order valence-electron chi connectivity index (χ3n) is 3.86. The highest BCUT2D eigenvalue weighted by Crippen LogP contribution is 2.29. The number of hydrogen-bond donors (Lipinski definition) is 2. The fourth-order valence-corrected chi connectivity index (χ4v) is 3.76. The highest BCUT2D eigenvalue weighted by atomic mass is 32.2. The Morgan fingerprint density at radius 2 is 2.00 bits per heavy atom. The van der Waals surface area contributed by atoms with Crippen LogP contribution in [0.4, 0.5) is 0 Å². The summed E-state index contributed by atoms with van der Waals surface area (Å²) in [7, 11) is 0. The first-order chi connectivity index (χ1) is 11.2. The zero-order valence-electron chi connectivity index (χ0n) is 13.3. The lowest BCUT2D eigenvalue weighted by molar-refractivity contribution is -0.128. The summed E-state index contributed by atoms with van der Waals surface area (Å²) in [6.45, 7) is 1.26. The molecule has 1 aromatic carbocycles. The van der Waals surface area contributed by atoms with Crippen LogP contribution in [0.2, 0.25) is 0 Å². The smallest absolute Gasteiger partial charge is 0.246 e. The van der Waals surface area contributed by atoms with E-state index in [4.69, 9.17) is 14.6 Å². The minimum absolute atomic E-state index is 0.00300. The van der Waals surface area contributed by atoms with E-state index < -0.39 is 0 Å². The highest BCUT2D eigenvalue weighted by Gasteiger charge is 2.33. The molecule has 0 saturated carbocycles. The molecule has 0 unspecified atom stereocenters. The van der Waals surface area contributed by atoms with Gasteiger partial charge in [-0.1, -0.05) is 30.3 Å². The van der Waals surface area contributed by atoms with Gasteiger partial charge in [-0.3, -0.25) is 4.79 Å². The number of aliphatic hydroxyl groups is 1. The lowest BCUT2D eigenvalue weighted by Gasteiger charge is -2.37. The lowest BCUT2D eigenvalue weighted by atomic mass is 9.96. The van der Waals surface area contributed by atoms with Crippen LogP contribution in [0.1, 0.15) is 18.4 Å². The number of hydrogen-bond acceptors (Lipinski definition) is 5. The molecular formula is C17H25NO4S. The number of amides is 1. The first-order valence-corrected chi connectivity index (χ1v) is 9.10. The predicted molar refractivity (Wildman–Crippen MR) is 91.4 cm³/mol. The molecule has 6 heteroatoms. The van der Waals surface area contributed by atoms with E-state index >= 15 is 0 Å². The maximum Gasteiger partial charge on any atom is 0.246 e. The molecule has 1 aliphatic heterocycles. The summed E-state index contributed by atoms with van der Waals surface area (Å²) in [6.07, 6.45) is 1.78. The van der Waals surface area contributed by atoms with Crippen molar-refractivity contribution in [2.45, 2.75) is 25.0 Å². The van der Waals surface area contributed by atoms with Gasteiger partial charge in [0.2, 0.25) is 5.91 Å². The summed E-state index contributed by atoms with van der Waals surface area (Å²) < 4.78 is 11.3. The van der Waals surface area contributed by atoms with Gasteiger partial charge in [-0.15, -0.1) is 0 Å². The quantitative estimate of drug-likeness (QED) is 0.715. The molecule has 0 radical (unpaired) electrons. The van der Waals surface area contributed by atoms with Crippen molar-refractivity contribution in [3.63, 3.8) is 0 Å². The molecule has 23 heavy (non-hydrogen) atoms. The number of carbonyl (C=O) groups excluding carboxylic acids is 1. The average Bonchev–Trinajstić information content (AvgIpc) is 2.60. The summed E-state index contributed by atoms with van der Waals surface area (Å²) in [6, 6.07) is 9.78. The van der Waals surface area contributed by atoms with E-state index in [1.807, 2.05) is 42.1 Å². The minimum atomic E-state index is -0.344. The van der Waals surface area contributed by atoms with E-state index in [0.29, 0.717) is 19.8 Å². The van der Waals surface area contributed by atoms with Crippen LogP contribution < -0.4 is 5.32 Å². The molecule has 1 heterocycles. The molecular weight excluding hydrogens is 314 g/mol. The monoisotopic (exact) mass is 339 g/mol. The zero-order valence-corrected chi connectivity index (χ0v) is 14.1. The Bertz CT molecular complexity index is 463. The van der Waals surface area contributed by atoms with Crippen molar-refractivity contribution in [3.05, 3.63) is 35.9 Å². The van der Waals surface area contributed by atoms with Crippen LogP contribution in [-0.2, 0) is 20.9 Å². The second kappa shape index (κ2) is 9.93. The normalized spacial score (nSPS) is 16.9. The number of nitrogens with one attached hydrogen (secondary N) is 1. The molecule has 0 aliphatic carbocycles. The summed E-state index contributed by atoms with van der Waals surface area (Å²) in [5, 5.41) is 11.9. The average molecular weight is 339 g/mol. The van der Waals surface area contributed by atoms with Gasteiger partial charge in [-0.2, -0.15) is 11.8 Å². The van der Waals surface area contributed by atoms with Crippen molar-refractivity contribution in [2.24, 2.45) is 0 Å². The van der Waals surface area contributed by atoms with Crippen LogP contribution in [0.5, 0.6) is 0 Å². The van der Waals surface area contributed by atoms with Crippen molar-refractivity contribution < 1.29 is 19.4 Å². The Labute approximate surface area is 141 Å². The van der Waals surface area contributed by atoms with Gasteiger partial charge in [0, 0.05) is 6.54 Å². The highest BCUT2D eigenvalue weighted by molar-refractivity contribution is 7.99. The first kappa shape index (κ1) is 18.3. The second-order valence-electron chi connectivity index (χ2n) is 5.62. The molecule has 1 saturated heterocycles. The van der Waals surface area contributed by atoms with Crippen LogP contribution >= 0.6 is 11.8 Å². The Morgan fingerprint density at radius 3 is 2.70 bits per heavy atom. The number of aliphatic hydroxyl groups excluding tert-OH is 1. The molecule has 5 nitrogen and oxygen atoms in total. The molecule has 1 aromatic rings. The van der Waals surface area contributed by atoms with Crippen LogP contribution in [-0.4, -0.2) is 54.5 Å². The van der Waals surface area contributed by atoms with Crippen LogP contribution in [0.3, 0.4) is 0 Å². The van der Waals surface area contributed by atoms with Gasteiger partial charge < -0.3 is 19.9 Å². The van der Waals surface area contributed by atoms with E-state index in [2.05, 4.69) is 5.32 Å². The second-order valence-corrected chi connectivity index (χ2v) is 6.85. The fourth-order valence-electron chi connectivity index (χ4n) is 2.52. The van der Waals surface area contributed by atoms with Gasteiger partial charge >= 0.3 is 0 Å². The Kier molecular flexibility index (Phi) is 7.88. The Balaban J connectivity index is 1.70. The predicted octanol–water partition coefficient (Wildman–Crippen LogP) is 1.59. The van der Waals surface area contributed by atoms with Crippen LogP contribution in [0.25, 0.3) is 0 Å². The van der Waals surface area contributed by atoms with E-state index in [-0.39, 0.29) is 24.7 Å². The molecule has 0 atom stereocenters. The van der Waals surface area contributed by atoms with E-state index in [0.717, 1.165) is 29.9 Å². The Hall–Kier alpha value is -1.08.